The molecular weight excluding hydrogens is 302 g/mol. The minimum absolute atomic E-state index is 0.133. The number of fused-ring (bicyclic) bond motifs is 1. The summed E-state index contributed by atoms with van der Waals surface area (Å²) in [7, 11) is 1.59. The van der Waals surface area contributed by atoms with Crippen LogP contribution in [-0.2, 0) is 11.3 Å². The van der Waals surface area contributed by atoms with Crippen LogP contribution in [0.4, 0.5) is 5.69 Å². The number of hydrogen-bond donors (Lipinski definition) is 0. The Morgan fingerprint density at radius 3 is 2.73 bits per heavy atom. The van der Waals surface area contributed by atoms with Gasteiger partial charge in [-0.2, -0.15) is 0 Å². The van der Waals surface area contributed by atoms with E-state index in [0.29, 0.717) is 28.8 Å². The van der Waals surface area contributed by atoms with Crippen LogP contribution in [0.3, 0.4) is 0 Å². The molecule has 0 N–H and O–H groups in total. The van der Waals surface area contributed by atoms with Gasteiger partial charge in [0.2, 0.25) is 0 Å². The first-order valence-electron chi connectivity index (χ1n) is 7.00. The number of nitrogens with zero attached hydrogens (tertiary/aromatic N) is 1. The number of methoxy groups -OCH3 is 1. The Bertz CT molecular complexity index is 717. The number of benzene rings is 2. The third kappa shape index (κ3) is 2.50. The monoisotopic (exact) mass is 317 g/mol. The number of ether oxygens (including phenoxy) is 2. The number of hydrogen-bond acceptors (Lipinski definition) is 3. The van der Waals surface area contributed by atoms with E-state index in [2.05, 4.69) is 0 Å². The molecule has 0 aliphatic carbocycles. The number of carbonyl (C=O) groups is 1. The average molecular weight is 318 g/mol. The third-order valence-corrected chi connectivity index (χ3v) is 3.98. The van der Waals surface area contributed by atoms with Crippen LogP contribution in [0.2, 0.25) is 5.02 Å². The zero-order chi connectivity index (χ0) is 15.7. The van der Waals surface area contributed by atoms with E-state index in [9.17, 15) is 4.79 Å². The maximum absolute atomic E-state index is 12.7. The van der Waals surface area contributed by atoms with Gasteiger partial charge in [0.15, 0.2) is 17.6 Å². The van der Waals surface area contributed by atoms with Crippen molar-refractivity contribution in [2.45, 2.75) is 19.6 Å². The second-order valence-electron chi connectivity index (χ2n) is 5.08. The van der Waals surface area contributed by atoms with E-state index >= 15 is 0 Å². The van der Waals surface area contributed by atoms with Gasteiger partial charge in [-0.3, -0.25) is 4.79 Å². The molecule has 0 fully saturated rings. The number of amides is 1. The molecule has 0 radical (unpaired) electrons. The average Bonchev–Trinajstić information content (AvgIpc) is 2.65. The molecule has 22 heavy (non-hydrogen) atoms. The molecule has 1 unspecified atom stereocenters. The first-order valence-corrected chi connectivity index (χ1v) is 7.38. The molecule has 1 aliphatic heterocycles. The van der Waals surface area contributed by atoms with Crippen molar-refractivity contribution in [2.24, 2.45) is 0 Å². The van der Waals surface area contributed by atoms with Gasteiger partial charge in [-0.1, -0.05) is 35.9 Å². The maximum atomic E-state index is 12.7. The fourth-order valence-electron chi connectivity index (χ4n) is 2.55. The van der Waals surface area contributed by atoms with Gasteiger partial charge < -0.3 is 14.4 Å². The molecule has 3 rings (SSSR count). The molecule has 5 heteroatoms. The van der Waals surface area contributed by atoms with Crippen LogP contribution >= 0.6 is 11.6 Å². The zero-order valence-electron chi connectivity index (χ0n) is 12.4. The Kier molecular flexibility index (Phi) is 3.94. The maximum Gasteiger partial charge on any atom is 0.268 e. The first-order chi connectivity index (χ1) is 10.6. The predicted molar refractivity (Wildman–Crippen MR) is 85.7 cm³/mol. The summed E-state index contributed by atoms with van der Waals surface area (Å²) in [5, 5.41) is 0.536. The van der Waals surface area contributed by atoms with Gasteiger partial charge in [-0.05, 0) is 25.1 Å². The van der Waals surface area contributed by atoms with E-state index < -0.39 is 6.10 Å². The van der Waals surface area contributed by atoms with Gasteiger partial charge in [0.05, 0.1) is 24.4 Å². The van der Waals surface area contributed by atoms with Crippen molar-refractivity contribution >= 4 is 23.2 Å². The zero-order valence-corrected chi connectivity index (χ0v) is 13.1. The van der Waals surface area contributed by atoms with Crippen LogP contribution in [-0.4, -0.2) is 19.1 Å². The summed E-state index contributed by atoms with van der Waals surface area (Å²) in [6.07, 6.45) is -0.617. The summed E-state index contributed by atoms with van der Waals surface area (Å²) in [6.45, 7) is 2.12. The lowest BCUT2D eigenvalue weighted by molar-refractivity contribution is -0.124. The topological polar surface area (TPSA) is 38.8 Å². The molecule has 1 atom stereocenters. The van der Waals surface area contributed by atoms with Crippen LogP contribution in [0, 0.1) is 0 Å². The van der Waals surface area contributed by atoms with E-state index in [1.165, 1.54) is 0 Å². The molecule has 4 nitrogen and oxygen atoms in total. The summed E-state index contributed by atoms with van der Waals surface area (Å²) in [4.78, 5) is 14.3. The smallest absolute Gasteiger partial charge is 0.268 e. The standard InChI is InChI=1S/C17H16ClNO3/c1-11-17(20)19(14-8-4-3-7-13(14)18)10-12-6-5-9-15(21-2)16(12)22-11/h3-9,11H,10H2,1-2H3. The number of halogens is 1. The molecule has 0 bridgehead atoms. The highest BCUT2D eigenvalue weighted by molar-refractivity contribution is 6.33. The molecule has 1 aliphatic rings. The SMILES string of the molecule is COc1cccc2c1OC(C)C(=O)N(c1ccccc1Cl)C2. The van der Waals surface area contributed by atoms with Crippen LogP contribution in [0.5, 0.6) is 11.5 Å². The minimum atomic E-state index is -0.617. The normalized spacial score (nSPS) is 17.5. The largest absolute Gasteiger partial charge is 0.493 e. The van der Waals surface area contributed by atoms with E-state index in [4.69, 9.17) is 21.1 Å². The predicted octanol–water partition coefficient (Wildman–Crippen LogP) is 3.66. The lowest BCUT2D eigenvalue weighted by Crippen LogP contribution is -2.38. The molecule has 1 amide bonds. The fraction of sp³-hybridized carbons (Fsp3) is 0.235. The highest BCUT2D eigenvalue weighted by Gasteiger charge is 2.31. The molecule has 0 saturated carbocycles. The highest BCUT2D eigenvalue weighted by atomic mass is 35.5. The van der Waals surface area contributed by atoms with Crippen molar-refractivity contribution in [3.8, 4) is 11.5 Å². The van der Waals surface area contributed by atoms with Crippen molar-refractivity contribution < 1.29 is 14.3 Å². The Hall–Kier alpha value is -2.20. The molecule has 0 spiro atoms. The fourth-order valence-corrected chi connectivity index (χ4v) is 2.79. The molecule has 2 aromatic carbocycles. The number of anilines is 1. The summed E-state index contributed by atoms with van der Waals surface area (Å²) in [6, 6.07) is 12.9. The molecule has 1 heterocycles. The van der Waals surface area contributed by atoms with E-state index in [-0.39, 0.29) is 5.91 Å². The lowest BCUT2D eigenvalue weighted by atomic mass is 10.1. The number of para-hydroxylation sites is 2. The second kappa shape index (κ2) is 5.89. The van der Waals surface area contributed by atoms with Gasteiger partial charge >= 0.3 is 0 Å². The molecule has 0 saturated heterocycles. The van der Waals surface area contributed by atoms with Crippen molar-refractivity contribution in [1.82, 2.24) is 0 Å². The van der Waals surface area contributed by atoms with Crippen LogP contribution in [0.15, 0.2) is 42.5 Å². The van der Waals surface area contributed by atoms with Gasteiger partial charge in [0.1, 0.15) is 0 Å². The first kappa shape index (κ1) is 14.7. The summed E-state index contributed by atoms with van der Waals surface area (Å²) >= 11 is 6.25. The van der Waals surface area contributed by atoms with E-state index in [0.717, 1.165) is 5.56 Å². The Balaban J connectivity index is 2.09. The van der Waals surface area contributed by atoms with Gasteiger partial charge in [-0.25, -0.2) is 0 Å². The minimum Gasteiger partial charge on any atom is -0.493 e. The van der Waals surface area contributed by atoms with Crippen LogP contribution in [0.25, 0.3) is 0 Å². The summed E-state index contributed by atoms with van der Waals surface area (Å²) in [5.41, 5.74) is 1.57. The third-order valence-electron chi connectivity index (χ3n) is 3.66. The Labute approximate surface area is 134 Å². The van der Waals surface area contributed by atoms with Crippen molar-refractivity contribution in [3.05, 3.63) is 53.1 Å². The number of rotatable bonds is 2. The van der Waals surface area contributed by atoms with E-state index in [1.807, 2.05) is 36.4 Å². The Morgan fingerprint density at radius 1 is 1.23 bits per heavy atom. The van der Waals surface area contributed by atoms with E-state index in [1.54, 1.807) is 25.0 Å². The quantitative estimate of drug-likeness (QED) is 0.848. The van der Waals surface area contributed by atoms with Gasteiger partial charge in [0, 0.05) is 5.56 Å². The summed E-state index contributed by atoms with van der Waals surface area (Å²) < 4.78 is 11.2. The molecular formula is C17H16ClNO3. The van der Waals surface area contributed by atoms with Crippen molar-refractivity contribution in [2.75, 3.05) is 12.0 Å². The Morgan fingerprint density at radius 2 is 2.00 bits per heavy atom. The number of carbonyl (C=O) groups excluding carboxylic acids is 1. The van der Waals surface area contributed by atoms with Crippen LogP contribution in [0.1, 0.15) is 12.5 Å². The van der Waals surface area contributed by atoms with Gasteiger partial charge in [-0.15, -0.1) is 0 Å². The van der Waals surface area contributed by atoms with Crippen molar-refractivity contribution in [1.29, 1.82) is 0 Å². The van der Waals surface area contributed by atoms with Crippen molar-refractivity contribution in [3.63, 3.8) is 0 Å². The van der Waals surface area contributed by atoms with Crippen LogP contribution < -0.4 is 14.4 Å². The summed E-state index contributed by atoms with van der Waals surface area (Å²) in [5.74, 6) is 1.10. The molecule has 114 valence electrons. The second-order valence-corrected chi connectivity index (χ2v) is 5.49. The van der Waals surface area contributed by atoms with Gasteiger partial charge in [0.25, 0.3) is 5.91 Å². The molecule has 0 aromatic heterocycles. The molecule has 2 aromatic rings. The lowest BCUT2D eigenvalue weighted by Gasteiger charge is -2.23. The highest BCUT2D eigenvalue weighted by Crippen LogP contribution is 2.37.